The summed E-state index contributed by atoms with van der Waals surface area (Å²) in [7, 11) is 1.16. The van der Waals surface area contributed by atoms with Crippen molar-refractivity contribution in [1.82, 2.24) is 0 Å². The average Bonchev–Trinajstić information content (AvgIpc) is 2.91. The third-order valence-corrected chi connectivity index (χ3v) is 6.28. The molecule has 1 aromatic rings. The molecule has 1 saturated heterocycles. The molecule has 8 atom stereocenters. The van der Waals surface area contributed by atoms with Crippen molar-refractivity contribution in [1.29, 1.82) is 0 Å². The van der Waals surface area contributed by atoms with Crippen LogP contribution >= 0.6 is 0 Å². The fourth-order valence-corrected chi connectivity index (χ4v) is 4.17. The number of rotatable bonds is 9. The van der Waals surface area contributed by atoms with Gasteiger partial charge in [0.25, 0.3) is 0 Å². The van der Waals surface area contributed by atoms with Gasteiger partial charge in [-0.05, 0) is 18.6 Å². The lowest BCUT2D eigenvalue weighted by Gasteiger charge is -2.43. The second kappa shape index (κ2) is 12.4. The number of phenolic OH excluding ortho intramolecular Hbond substituents is 3. The summed E-state index contributed by atoms with van der Waals surface area (Å²) in [5, 5.41) is 68.4. The van der Waals surface area contributed by atoms with Crippen molar-refractivity contribution >= 4 is 11.9 Å². The van der Waals surface area contributed by atoms with Crippen LogP contribution in [-0.2, 0) is 28.5 Å². The number of phenols is 3. The van der Waals surface area contributed by atoms with Crippen molar-refractivity contribution in [3.05, 3.63) is 42.2 Å². The lowest BCUT2D eigenvalue weighted by molar-refractivity contribution is -0.339. The summed E-state index contributed by atoms with van der Waals surface area (Å²) < 4.78 is 26.6. The second-order valence-corrected chi connectivity index (χ2v) is 8.61. The number of ether oxygens (including phenoxy) is 5. The first-order valence-corrected chi connectivity index (χ1v) is 11.5. The number of esters is 2. The molecule has 1 aromatic carbocycles. The molecule has 0 spiro atoms. The van der Waals surface area contributed by atoms with E-state index in [2.05, 4.69) is 6.58 Å². The van der Waals surface area contributed by atoms with Gasteiger partial charge in [0.05, 0.1) is 37.7 Å². The molecular weight excluding hydrogens is 512 g/mol. The Kier molecular flexibility index (Phi) is 9.54. The van der Waals surface area contributed by atoms with Crippen LogP contribution in [0, 0.1) is 11.8 Å². The average molecular weight is 542 g/mol. The van der Waals surface area contributed by atoms with Gasteiger partial charge in [0.1, 0.15) is 24.4 Å². The Morgan fingerprint density at radius 3 is 2.26 bits per heavy atom. The maximum absolute atomic E-state index is 12.4. The van der Waals surface area contributed by atoms with E-state index in [0.29, 0.717) is 0 Å². The molecule has 2 aliphatic heterocycles. The molecule has 3 rings (SSSR count). The molecule has 14 heteroatoms. The molecule has 0 radical (unpaired) electrons. The Morgan fingerprint density at radius 1 is 1.03 bits per heavy atom. The van der Waals surface area contributed by atoms with E-state index in [1.165, 1.54) is 6.08 Å². The number of carbonyl (C=O) groups excluding carboxylic acids is 2. The number of aromatic hydroxyl groups is 3. The highest BCUT2D eigenvalue weighted by molar-refractivity contribution is 5.91. The minimum atomic E-state index is -1.70. The van der Waals surface area contributed by atoms with Crippen molar-refractivity contribution in [3.8, 4) is 17.2 Å². The van der Waals surface area contributed by atoms with Crippen LogP contribution in [-0.4, -0.2) is 105 Å². The Balaban J connectivity index is 1.75. The van der Waals surface area contributed by atoms with Gasteiger partial charge in [0.15, 0.2) is 23.5 Å². The van der Waals surface area contributed by atoms with Crippen molar-refractivity contribution in [2.45, 2.75) is 43.4 Å². The topological polar surface area (TPSA) is 222 Å². The number of benzene rings is 1. The number of methoxy groups -OCH3 is 1. The van der Waals surface area contributed by atoms with E-state index in [4.69, 9.17) is 23.7 Å². The summed E-state index contributed by atoms with van der Waals surface area (Å²) >= 11 is 0. The Bertz CT molecular complexity index is 1030. The zero-order valence-electron chi connectivity index (χ0n) is 20.2. The summed E-state index contributed by atoms with van der Waals surface area (Å²) in [4.78, 5) is 24.8. The summed E-state index contributed by atoms with van der Waals surface area (Å²) in [5.74, 6) is -5.48. The molecule has 0 unspecified atom stereocenters. The van der Waals surface area contributed by atoms with Crippen LogP contribution in [0.15, 0.2) is 36.6 Å². The molecule has 0 bridgehead atoms. The standard InChI is InChI=1S/C24H30O14/c1-3-11-12(4-5-35-21(32)10-6-14(26)17(28)15(27)7-10)13(22(33)34-2)9-36-23(11)38-24-20(31)19(30)18(29)16(8-25)37-24/h3,6-7,9,11-12,16,18-20,23-31H,1,4-5,8H2,2H3/t11-,12+,16+,18-,19-,20-,23+,24+/m1/s1. The van der Waals surface area contributed by atoms with Gasteiger partial charge in [-0.1, -0.05) is 6.08 Å². The van der Waals surface area contributed by atoms with E-state index < -0.39 is 84.6 Å². The molecule has 210 valence electrons. The van der Waals surface area contributed by atoms with Gasteiger partial charge in [-0.3, -0.25) is 0 Å². The highest BCUT2D eigenvalue weighted by atomic mass is 16.8. The molecule has 0 aromatic heterocycles. The van der Waals surface area contributed by atoms with E-state index >= 15 is 0 Å². The van der Waals surface area contributed by atoms with Crippen molar-refractivity contribution in [2.75, 3.05) is 20.3 Å². The molecule has 14 nitrogen and oxygen atoms in total. The molecule has 0 aliphatic carbocycles. The van der Waals surface area contributed by atoms with Crippen LogP contribution < -0.4 is 0 Å². The molecule has 0 saturated carbocycles. The Morgan fingerprint density at radius 2 is 1.68 bits per heavy atom. The first-order valence-electron chi connectivity index (χ1n) is 11.5. The minimum absolute atomic E-state index is 0.0112. The van der Waals surface area contributed by atoms with Gasteiger partial charge in [-0.25, -0.2) is 9.59 Å². The zero-order valence-corrected chi connectivity index (χ0v) is 20.2. The van der Waals surface area contributed by atoms with Gasteiger partial charge >= 0.3 is 11.9 Å². The van der Waals surface area contributed by atoms with Crippen LogP contribution in [0.1, 0.15) is 16.8 Å². The van der Waals surface area contributed by atoms with Crippen LogP contribution in [0.3, 0.4) is 0 Å². The predicted molar refractivity (Wildman–Crippen MR) is 123 cm³/mol. The van der Waals surface area contributed by atoms with Crippen molar-refractivity contribution in [3.63, 3.8) is 0 Å². The number of carbonyl (C=O) groups is 2. The Labute approximate surface area is 216 Å². The van der Waals surface area contributed by atoms with E-state index in [0.717, 1.165) is 25.5 Å². The largest absolute Gasteiger partial charge is 0.504 e. The smallest absolute Gasteiger partial charge is 0.338 e. The quantitative estimate of drug-likeness (QED) is 0.113. The van der Waals surface area contributed by atoms with Crippen molar-refractivity contribution in [2.24, 2.45) is 11.8 Å². The first-order chi connectivity index (χ1) is 18.0. The van der Waals surface area contributed by atoms with Crippen LogP contribution in [0.25, 0.3) is 0 Å². The monoisotopic (exact) mass is 542 g/mol. The highest BCUT2D eigenvalue weighted by Crippen LogP contribution is 2.38. The summed E-state index contributed by atoms with van der Waals surface area (Å²) in [6.07, 6.45) is -6.49. The number of aliphatic hydroxyl groups excluding tert-OH is 4. The fourth-order valence-electron chi connectivity index (χ4n) is 4.17. The second-order valence-electron chi connectivity index (χ2n) is 8.61. The van der Waals surface area contributed by atoms with Crippen LogP contribution in [0.5, 0.6) is 17.2 Å². The fraction of sp³-hybridized carbons (Fsp3) is 0.500. The van der Waals surface area contributed by atoms with Gasteiger partial charge in [0, 0.05) is 11.8 Å². The van der Waals surface area contributed by atoms with Gasteiger partial charge < -0.3 is 59.4 Å². The van der Waals surface area contributed by atoms with Crippen LogP contribution in [0.4, 0.5) is 0 Å². The molecule has 2 aliphatic rings. The third-order valence-electron chi connectivity index (χ3n) is 6.28. The summed E-state index contributed by atoms with van der Waals surface area (Å²) in [6, 6.07) is 1.81. The van der Waals surface area contributed by atoms with E-state index in [9.17, 15) is 45.3 Å². The normalized spacial score (nSPS) is 31.0. The molecular formula is C24H30O14. The maximum Gasteiger partial charge on any atom is 0.338 e. The lowest BCUT2D eigenvalue weighted by atomic mass is 9.82. The molecule has 0 amide bonds. The van der Waals surface area contributed by atoms with Gasteiger partial charge in [-0.15, -0.1) is 6.58 Å². The van der Waals surface area contributed by atoms with Gasteiger partial charge in [-0.2, -0.15) is 0 Å². The zero-order chi connectivity index (χ0) is 28.1. The first kappa shape index (κ1) is 29.2. The molecule has 2 heterocycles. The van der Waals surface area contributed by atoms with Gasteiger partial charge in [0.2, 0.25) is 6.29 Å². The Hall–Kier alpha value is -3.40. The number of hydrogen-bond acceptors (Lipinski definition) is 14. The van der Waals surface area contributed by atoms with E-state index in [1.54, 1.807) is 0 Å². The molecule has 1 fully saturated rings. The number of aliphatic hydroxyl groups is 4. The summed E-state index contributed by atoms with van der Waals surface area (Å²) in [6.45, 7) is 2.80. The van der Waals surface area contributed by atoms with Crippen LogP contribution in [0.2, 0.25) is 0 Å². The SMILES string of the molecule is C=C[C@H]1[C@H](O[C@@H]2O[C@@H](CO)[C@@H](O)[C@@H](O)[C@H]2O)OC=C(C(=O)OC)[C@H]1CCOC(=O)c1cc(O)c(O)c(O)c1. The predicted octanol–water partition coefficient (Wildman–Crippen LogP) is -1.00. The third kappa shape index (κ3) is 6.01. The van der Waals surface area contributed by atoms with E-state index in [-0.39, 0.29) is 24.2 Å². The molecule has 38 heavy (non-hydrogen) atoms. The van der Waals surface area contributed by atoms with E-state index in [1.807, 2.05) is 0 Å². The summed E-state index contributed by atoms with van der Waals surface area (Å²) in [5.41, 5.74) is -0.181. The maximum atomic E-state index is 12.4. The number of hydrogen-bond donors (Lipinski definition) is 7. The highest BCUT2D eigenvalue weighted by Gasteiger charge is 2.47. The minimum Gasteiger partial charge on any atom is -0.504 e. The van der Waals surface area contributed by atoms with Crippen molar-refractivity contribution < 1.29 is 69.0 Å². The lowest BCUT2D eigenvalue weighted by Crippen LogP contribution is -2.60. The molecule has 7 N–H and O–H groups in total.